The fourth-order valence-electron chi connectivity index (χ4n) is 7.71. The van der Waals surface area contributed by atoms with E-state index in [1.54, 1.807) is 0 Å². The third-order valence-corrected chi connectivity index (χ3v) is 9.03. The summed E-state index contributed by atoms with van der Waals surface area (Å²) in [5.41, 5.74) is 3.24. The van der Waals surface area contributed by atoms with Crippen LogP contribution in [0.4, 0.5) is 0 Å². The van der Waals surface area contributed by atoms with Crippen LogP contribution in [-0.4, -0.2) is 11.2 Å². The van der Waals surface area contributed by atoms with Gasteiger partial charge in [-0.1, -0.05) is 19.4 Å². The highest BCUT2D eigenvalue weighted by Gasteiger charge is 2.58. The highest BCUT2D eigenvalue weighted by Crippen LogP contribution is 2.67. The SMILES string of the molecule is [C-]#[N+]/C(C)=C1/CC[C@H]2[C@@H]3CC[C@H]4C[C@H](O)CC[C@]4(C)[C@H]3CC[C@]12C. The molecule has 0 radical (unpaired) electrons. The van der Waals surface area contributed by atoms with Crippen molar-refractivity contribution in [3.8, 4) is 0 Å². The topological polar surface area (TPSA) is 24.6 Å². The van der Waals surface area contributed by atoms with Gasteiger partial charge in [0, 0.05) is 0 Å². The number of hydrogen-bond acceptors (Lipinski definition) is 1. The maximum atomic E-state index is 10.1. The van der Waals surface area contributed by atoms with Crippen molar-refractivity contribution < 1.29 is 5.11 Å². The minimum absolute atomic E-state index is 0.0455. The van der Waals surface area contributed by atoms with E-state index >= 15 is 0 Å². The minimum Gasteiger partial charge on any atom is -0.393 e. The molecule has 4 rings (SSSR count). The average molecular weight is 328 g/mol. The van der Waals surface area contributed by atoms with Crippen molar-refractivity contribution in [3.63, 3.8) is 0 Å². The van der Waals surface area contributed by atoms with Crippen LogP contribution in [0.15, 0.2) is 11.3 Å². The number of aliphatic hydroxyl groups excluding tert-OH is 1. The highest BCUT2D eigenvalue weighted by molar-refractivity contribution is 5.30. The molecule has 2 nitrogen and oxygen atoms in total. The third-order valence-electron chi connectivity index (χ3n) is 9.03. The standard InChI is InChI=1S/C22H33NO/c1-14(23-4)18-7-8-19-17-6-5-15-13-16(24)9-11-21(15,2)20(17)10-12-22(18,19)3/h15-17,19-20,24H,5-13H2,1-3H3/b18-14-/t15-,16+,17-,19-,20-,21-,22+/m0/s1. The number of fused-ring (bicyclic) bond motifs is 5. The number of allylic oxidation sites excluding steroid dienone is 2. The Bertz CT molecular complexity index is 602. The van der Waals surface area contributed by atoms with E-state index in [9.17, 15) is 5.11 Å². The van der Waals surface area contributed by atoms with E-state index in [0.29, 0.717) is 10.8 Å². The van der Waals surface area contributed by atoms with Gasteiger partial charge >= 0.3 is 0 Å². The van der Waals surface area contributed by atoms with E-state index in [1.165, 1.54) is 44.1 Å². The molecule has 0 spiro atoms. The first-order valence-corrected chi connectivity index (χ1v) is 10.2. The molecular formula is C22H33NO. The summed E-state index contributed by atoms with van der Waals surface area (Å²) in [6.07, 6.45) is 11.0. The molecule has 0 unspecified atom stereocenters. The molecule has 0 bridgehead atoms. The smallest absolute Gasteiger partial charge is 0.162 e. The monoisotopic (exact) mass is 327 g/mol. The molecule has 132 valence electrons. The summed E-state index contributed by atoms with van der Waals surface area (Å²) < 4.78 is 0. The number of nitrogens with zero attached hydrogens (tertiary/aromatic N) is 1. The van der Waals surface area contributed by atoms with Crippen molar-refractivity contribution in [2.24, 2.45) is 34.5 Å². The summed E-state index contributed by atoms with van der Waals surface area (Å²) in [5.74, 6) is 3.26. The van der Waals surface area contributed by atoms with Crippen LogP contribution in [0.1, 0.15) is 78.6 Å². The number of rotatable bonds is 0. The van der Waals surface area contributed by atoms with Crippen molar-refractivity contribution in [3.05, 3.63) is 22.7 Å². The molecule has 1 N–H and O–H groups in total. The summed E-state index contributed by atoms with van der Waals surface area (Å²) in [6.45, 7) is 14.5. The summed E-state index contributed by atoms with van der Waals surface area (Å²) in [6, 6.07) is 0. The largest absolute Gasteiger partial charge is 0.393 e. The van der Waals surface area contributed by atoms with Gasteiger partial charge in [-0.25, -0.2) is 4.85 Å². The lowest BCUT2D eigenvalue weighted by atomic mass is 9.45. The predicted molar refractivity (Wildman–Crippen MR) is 97.0 cm³/mol. The first-order valence-electron chi connectivity index (χ1n) is 10.2. The maximum Gasteiger partial charge on any atom is 0.162 e. The summed E-state index contributed by atoms with van der Waals surface area (Å²) in [7, 11) is 0. The molecular weight excluding hydrogens is 294 g/mol. The Balaban J connectivity index is 1.65. The fourth-order valence-corrected chi connectivity index (χ4v) is 7.71. The average Bonchev–Trinajstić information content (AvgIpc) is 2.92. The first-order chi connectivity index (χ1) is 11.4. The van der Waals surface area contributed by atoms with Crippen LogP contribution in [0.25, 0.3) is 4.85 Å². The molecule has 0 aliphatic heterocycles. The lowest BCUT2D eigenvalue weighted by Gasteiger charge is -2.60. The van der Waals surface area contributed by atoms with E-state index in [2.05, 4.69) is 18.7 Å². The van der Waals surface area contributed by atoms with Crippen LogP contribution >= 0.6 is 0 Å². The molecule has 4 aliphatic carbocycles. The van der Waals surface area contributed by atoms with E-state index < -0.39 is 0 Å². The second-order valence-corrected chi connectivity index (χ2v) is 9.76. The fraction of sp³-hybridized carbons (Fsp3) is 0.864. The Hall–Kier alpha value is -0.810. The lowest BCUT2D eigenvalue weighted by molar-refractivity contribution is -0.116. The van der Waals surface area contributed by atoms with Crippen LogP contribution in [0, 0.1) is 41.1 Å². The van der Waals surface area contributed by atoms with Crippen molar-refractivity contribution in [2.75, 3.05) is 0 Å². The molecule has 4 saturated carbocycles. The van der Waals surface area contributed by atoms with E-state index in [-0.39, 0.29) is 6.10 Å². The lowest BCUT2D eigenvalue weighted by Crippen LogP contribution is -2.53. The van der Waals surface area contributed by atoms with E-state index in [0.717, 1.165) is 48.6 Å². The van der Waals surface area contributed by atoms with Gasteiger partial charge in [0.1, 0.15) is 0 Å². The van der Waals surface area contributed by atoms with Gasteiger partial charge in [0.15, 0.2) is 5.70 Å². The molecule has 24 heavy (non-hydrogen) atoms. The summed E-state index contributed by atoms with van der Waals surface area (Å²) in [5, 5.41) is 10.1. The quantitative estimate of drug-likeness (QED) is 0.577. The molecule has 2 heteroatoms. The predicted octanol–water partition coefficient (Wildman–Crippen LogP) is 5.58. The zero-order valence-corrected chi connectivity index (χ0v) is 15.6. The van der Waals surface area contributed by atoms with Gasteiger partial charge in [-0.15, -0.1) is 0 Å². The molecule has 7 atom stereocenters. The van der Waals surface area contributed by atoms with Gasteiger partial charge in [0.25, 0.3) is 0 Å². The Morgan fingerprint density at radius 2 is 1.88 bits per heavy atom. The molecule has 0 aromatic carbocycles. The van der Waals surface area contributed by atoms with Crippen molar-refractivity contribution in [1.29, 1.82) is 0 Å². The Kier molecular flexibility index (Phi) is 3.88. The van der Waals surface area contributed by atoms with Crippen LogP contribution in [0.5, 0.6) is 0 Å². The zero-order chi connectivity index (χ0) is 17.1. The Labute approximate surface area is 147 Å². The number of aliphatic hydroxyl groups is 1. The van der Waals surface area contributed by atoms with Gasteiger partial charge in [0.2, 0.25) is 0 Å². The second-order valence-electron chi connectivity index (χ2n) is 9.76. The molecule has 4 fully saturated rings. The first kappa shape index (κ1) is 16.6. The Morgan fingerprint density at radius 1 is 1.08 bits per heavy atom. The second kappa shape index (κ2) is 5.60. The number of hydrogen-bond donors (Lipinski definition) is 1. The van der Waals surface area contributed by atoms with Gasteiger partial charge in [0.05, 0.1) is 12.7 Å². The van der Waals surface area contributed by atoms with Crippen LogP contribution < -0.4 is 0 Å². The third kappa shape index (κ3) is 2.16. The molecule has 0 amide bonds. The van der Waals surface area contributed by atoms with Crippen molar-refractivity contribution >= 4 is 0 Å². The minimum atomic E-state index is -0.0455. The van der Waals surface area contributed by atoms with Crippen LogP contribution in [0.3, 0.4) is 0 Å². The van der Waals surface area contributed by atoms with Crippen LogP contribution in [-0.2, 0) is 0 Å². The van der Waals surface area contributed by atoms with Gasteiger partial charge in [-0.2, -0.15) is 0 Å². The molecule has 0 saturated heterocycles. The van der Waals surface area contributed by atoms with E-state index in [1.807, 2.05) is 6.92 Å². The normalized spacial score (nSPS) is 52.7. The van der Waals surface area contributed by atoms with Crippen molar-refractivity contribution in [1.82, 2.24) is 0 Å². The van der Waals surface area contributed by atoms with Gasteiger partial charge in [-0.3, -0.25) is 0 Å². The molecule has 0 aromatic heterocycles. The highest BCUT2D eigenvalue weighted by atomic mass is 16.3. The van der Waals surface area contributed by atoms with Crippen molar-refractivity contribution in [2.45, 2.75) is 84.7 Å². The molecule has 0 heterocycles. The summed E-state index contributed by atoms with van der Waals surface area (Å²) in [4.78, 5) is 3.80. The molecule has 4 aliphatic rings. The zero-order valence-electron chi connectivity index (χ0n) is 15.6. The Morgan fingerprint density at radius 3 is 2.62 bits per heavy atom. The molecule has 0 aromatic rings. The van der Waals surface area contributed by atoms with E-state index in [4.69, 9.17) is 6.57 Å². The van der Waals surface area contributed by atoms with Gasteiger partial charge < -0.3 is 5.11 Å². The van der Waals surface area contributed by atoms with Gasteiger partial charge in [-0.05, 0) is 99.2 Å². The van der Waals surface area contributed by atoms with Crippen LogP contribution in [0.2, 0.25) is 0 Å². The maximum absolute atomic E-state index is 10.1. The summed E-state index contributed by atoms with van der Waals surface area (Å²) >= 11 is 0.